The summed E-state index contributed by atoms with van der Waals surface area (Å²) in [6.07, 6.45) is 2.96. The van der Waals surface area contributed by atoms with Crippen molar-refractivity contribution in [3.63, 3.8) is 0 Å². The van der Waals surface area contributed by atoms with Gasteiger partial charge in [-0.05, 0) is 40.2 Å². The van der Waals surface area contributed by atoms with Crippen LogP contribution in [0.25, 0.3) is 5.69 Å². The molecule has 0 radical (unpaired) electrons. The number of benzene rings is 1. The van der Waals surface area contributed by atoms with Crippen molar-refractivity contribution in [1.82, 2.24) is 4.57 Å². The van der Waals surface area contributed by atoms with E-state index in [2.05, 4.69) is 20.9 Å². The van der Waals surface area contributed by atoms with Crippen LogP contribution in [0.2, 0.25) is 0 Å². The highest BCUT2D eigenvalue weighted by molar-refractivity contribution is 9.12. The molecule has 2 aromatic rings. The minimum atomic E-state index is -0.251. The minimum Gasteiger partial charge on any atom is -0.404 e. The van der Waals surface area contributed by atoms with E-state index in [1.807, 2.05) is 30.3 Å². The Kier molecular flexibility index (Phi) is 4.37. The Balaban J connectivity index is 2.52. The van der Waals surface area contributed by atoms with Crippen molar-refractivity contribution in [3.8, 4) is 5.69 Å². The number of aliphatic imine (C=N–C) groups is 1. The van der Waals surface area contributed by atoms with Crippen LogP contribution in [0.4, 0.5) is 5.69 Å². The Morgan fingerprint density at radius 2 is 1.90 bits per heavy atom. The molecule has 0 aliphatic carbocycles. The maximum atomic E-state index is 12.4. The zero-order valence-corrected chi connectivity index (χ0v) is 12.1. The first-order valence-electron chi connectivity index (χ1n) is 5.82. The van der Waals surface area contributed by atoms with Gasteiger partial charge in [0.05, 0.1) is 4.48 Å². The van der Waals surface area contributed by atoms with Crippen molar-refractivity contribution in [1.29, 1.82) is 0 Å². The van der Waals surface area contributed by atoms with E-state index in [0.717, 1.165) is 5.69 Å². The van der Waals surface area contributed by atoms with Gasteiger partial charge < -0.3 is 11.5 Å². The highest BCUT2D eigenvalue weighted by atomic mass is 79.9. The van der Waals surface area contributed by atoms with Gasteiger partial charge in [-0.3, -0.25) is 9.36 Å². The monoisotopic (exact) mass is 332 g/mol. The summed E-state index contributed by atoms with van der Waals surface area (Å²) in [4.78, 5) is 16.4. The summed E-state index contributed by atoms with van der Waals surface area (Å²) in [5, 5.41) is 0. The number of amidine groups is 1. The van der Waals surface area contributed by atoms with Crippen LogP contribution in [0.1, 0.15) is 0 Å². The van der Waals surface area contributed by atoms with Crippen LogP contribution >= 0.6 is 15.9 Å². The molecule has 0 aliphatic rings. The molecule has 4 N–H and O–H groups in total. The van der Waals surface area contributed by atoms with E-state index in [9.17, 15) is 4.79 Å². The number of para-hydroxylation sites is 1. The molecule has 1 heterocycles. The van der Waals surface area contributed by atoms with Gasteiger partial charge in [0.25, 0.3) is 5.56 Å². The molecule has 0 saturated carbocycles. The smallest absolute Gasteiger partial charge is 0.281 e. The second-order valence-corrected chi connectivity index (χ2v) is 4.77. The third kappa shape index (κ3) is 2.97. The third-order valence-electron chi connectivity index (χ3n) is 2.59. The van der Waals surface area contributed by atoms with Gasteiger partial charge in [-0.25, -0.2) is 4.99 Å². The number of hydrogen-bond acceptors (Lipinski definition) is 3. The Labute approximate surface area is 124 Å². The number of rotatable bonds is 3. The summed E-state index contributed by atoms with van der Waals surface area (Å²) in [6, 6.07) is 12.6. The van der Waals surface area contributed by atoms with Gasteiger partial charge in [-0.15, -0.1) is 0 Å². The van der Waals surface area contributed by atoms with Gasteiger partial charge in [0.2, 0.25) is 0 Å². The Morgan fingerprint density at radius 3 is 2.55 bits per heavy atom. The molecule has 102 valence electrons. The predicted molar refractivity (Wildman–Crippen MR) is 84.5 cm³/mol. The Bertz CT molecular complexity index is 719. The van der Waals surface area contributed by atoms with Crippen molar-refractivity contribution < 1.29 is 0 Å². The lowest BCUT2D eigenvalue weighted by Crippen LogP contribution is -2.19. The average Bonchev–Trinajstić information content (AvgIpc) is 2.49. The van der Waals surface area contributed by atoms with Crippen LogP contribution < -0.4 is 17.0 Å². The molecule has 0 amide bonds. The summed E-state index contributed by atoms with van der Waals surface area (Å²) in [6.45, 7) is 0. The molecule has 1 aromatic heterocycles. The molecule has 0 aliphatic heterocycles. The van der Waals surface area contributed by atoms with E-state index in [1.165, 1.54) is 10.8 Å². The van der Waals surface area contributed by atoms with Crippen LogP contribution in [0.3, 0.4) is 0 Å². The first-order valence-corrected chi connectivity index (χ1v) is 6.62. The quantitative estimate of drug-likeness (QED) is 0.665. The van der Waals surface area contributed by atoms with Crippen LogP contribution in [0.5, 0.6) is 0 Å². The number of nitrogens with two attached hydrogens (primary N) is 2. The normalized spacial score (nSPS) is 12.4. The van der Waals surface area contributed by atoms with Crippen molar-refractivity contribution in [3.05, 3.63) is 69.7 Å². The average molecular weight is 333 g/mol. The van der Waals surface area contributed by atoms with Gasteiger partial charge in [-0.2, -0.15) is 0 Å². The topological polar surface area (TPSA) is 86.4 Å². The molecule has 0 unspecified atom stereocenters. The highest BCUT2D eigenvalue weighted by Crippen LogP contribution is 2.11. The number of pyridine rings is 1. The molecule has 5 nitrogen and oxygen atoms in total. The summed E-state index contributed by atoms with van der Waals surface area (Å²) in [5.74, 6) is 0.149. The molecule has 0 saturated heterocycles. The lowest BCUT2D eigenvalue weighted by atomic mass is 10.3. The van der Waals surface area contributed by atoms with Crippen LogP contribution in [0.15, 0.2) is 69.1 Å². The van der Waals surface area contributed by atoms with Crippen LogP contribution in [0, 0.1) is 0 Å². The van der Waals surface area contributed by atoms with Crippen molar-refractivity contribution in [2.45, 2.75) is 0 Å². The molecule has 0 fully saturated rings. The molecular weight excluding hydrogens is 320 g/mol. The Morgan fingerprint density at radius 1 is 1.20 bits per heavy atom. The second kappa shape index (κ2) is 6.21. The lowest BCUT2D eigenvalue weighted by Gasteiger charge is -2.06. The largest absolute Gasteiger partial charge is 0.404 e. The van der Waals surface area contributed by atoms with Crippen LogP contribution in [-0.2, 0) is 0 Å². The van der Waals surface area contributed by atoms with E-state index in [-0.39, 0.29) is 17.1 Å². The summed E-state index contributed by atoms with van der Waals surface area (Å²) >= 11 is 3.16. The molecule has 20 heavy (non-hydrogen) atoms. The van der Waals surface area contributed by atoms with Gasteiger partial charge in [-0.1, -0.05) is 18.2 Å². The van der Waals surface area contributed by atoms with Gasteiger partial charge in [0.15, 0.2) is 0 Å². The van der Waals surface area contributed by atoms with Crippen molar-refractivity contribution in [2.75, 3.05) is 0 Å². The fourth-order valence-electron chi connectivity index (χ4n) is 1.63. The fourth-order valence-corrected chi connectivity index (χ4v) is 1.72. The second-order valence-electron chi connectivity index (χ2n) is 3.92. The number of aromatic nitrogens is 1. The highest BCUT2D eigenvalue weighted by Gasteiger charge is 2.05. The SMILES string of the molecule is NC=C(Br)C(N)=Nc1cccn(-c2ccccc2)c1=O. The summed E-state index contributed by atoms with van der Waals surface area (Å²) < 4.78 is 1.94. The molecular formula is C14H13BrN4O. The standard InChI is InChI=1S/C14H13BrN4O/c15-11(9-16)13(17)18-12-7-4-8-19(14(12)20)10-5-2-1-3-6-10/h1-9H,16H2,(H2,17,18). The van der Waals surface area contributed by atoms with Gasteiger partial charge in [0.1, 0.15) is 11.5 Å². The lowest BCUT2D eigenvalue weighted by molar-refractivity contribution is 0.988. The van der Waals surface area contributed by atoms with Gasteiger partial charge in [0, 0.05) is 18.1 Å². The molecule has 6 heteroatoms. The van der Waals surface area contributed by atoms with E-state index in [4.69, 9.17) is 11.5 Å². The first-order chi connectivity index (χ1) is 9.63. The number of halogens is 1. The summed E-state index contributed by atoms with van der Waals surface area (Å²) in [5.41, 5.74) is 11.8. The molecule has 0 spiro atoms. The maximum absolute atomic E-state index is 12.4. The Hall–Kier alpha value is -2.34. The third-order valence-corrected chi connectivity index (χ3v) is 3.26. The number of nitrogens with zero attached hydrogens (tertiary/aromatic N) is 2. The van der Waals surface area contributed by atoms with Crippen molar-refractivity contribution >= 4 is 27.5 Å². The number of hydrogen-bond donors (Lipinski definition) is 2. The minimum absolute atomic E-state index is 0.149. The van der Waals surface area contributed by atoms with Crippen LogP contribution in [-0.4, -0.2) is 10.4 Å². The maximum Gasteiger partial charge on any atom is 0.281 e. The molecule has 0 atom stereocenters. The van der Waals surface area contributed by atoms with E-state index >= 15 is 0 Å². The van der Waals surface area contributed by atoms with Gasteiger partial charge >= 0.3 is 0 Å². The fraction of sp³-hybridized carbons (Fsp3) is 0. The van der Waals surface area contributed by atoms with E-state index in [0.29, 0.717) is 4.48 Å². The van der Waals surface area contributed by atoms with E-state index < -0.39 is 0 Å². The predicted octanol–water partition coefficient (Wildman–Crippen LogP) is 2.02. The first kappa shape index (κ1) is 14.1. The zero-order valence-electron chi connectivity index (χ0n) is 10.5. The zero-order chi connectivity index (χ0) is 14.5. The van der Waals surface area contributed by atoms with E-state index in [1.54, 1.807) is 18.3 Å². The molecule has 2 rings (SSSR count). The molecule has 1 aromatic carbocycles. The molecule has 0 bridgehead atoms. The van der Waals surface area contributed by atoms with Crippen molar-refractivity contribution in [2.24, 2.45) is 16.5 Å². The summed E-state index contributed by atoms with van der Waals surface area (Å²) in [7, 11) is 0.